The zero-order valence-corrected chi connectivity index (χ0v) is 18.1. The van der Waals surface area contributed by atoms with E-state index in [0.717, 1.165) is 64.1 Å². The monoisotopic (exact) mass is 417 g/mol. The number of H-pyrrole nitrogens is 1. The molecule has 1 aliphatic rings. The zero-order valence-electron chi connectivity index (χ0n) is 18.1. The minimum absolute atomic E-state index is 0.0176. The first-order valence-electron chi connectivity index (χ1n) is 10.8. The molecule has 1 aliphatic heterocycles. The molecule has 0 aromatic carbocycles. The van der Waals surface area contributed by atoms with Crippen LogP contribution in [0.25, 0.3) is 11.1 Å². The zero-order chi connectivity index (χ0) is 21.5. The molecular formula is C21H31N5O4. The largest absolute Gasteiger partial charge is 0.403 e. The number of hydrogen-bond donors (Lipinski definition) is 1. The lowest BCUT2D eigenvalue weighted by molar-refractivity contribution is 0.291. The SMILES string of the molecule is CCCCc1cc(=O)oc2nc(O/N=C(\CCC)N3CCCN(C)CC3)[nH]c(=O)c12. The number of likely N-dealkylation sites (N-methyl/N-ethyl adjacent to an activating group) is 1. The number of nitrogens with one attached hydrogen (secondary N) is 1. The van der Waals surface area contributed by atoms with Gasteiger partial charge in [0, 0.05) is 32.1 Å². The predicted octanol–water partition coefficient (Wildman–Crippen LogP) is 2.35. The summed E-state index contributed by atoms with van der Waals surface area (Å²) in [4.78, 5) is 41.4. The van der Waals surface area contributed by atoms with Crippen molar-refractivity contribution in [3.63, 3.8) is 0 Å². The molecule has 0 unspecified atom stereocenters. The maximum atomic E-state index is 12.6. The van der Waals surface area contributed by atoms with E-state index in [2.05, 4.69) is 45.8 Å². The minimum atomic E-state index is -0.526. The van der Waals surface area contributed by atoms with E-state index >= 15 is 0 Å². The Kier molecular flexibility index (Phi) is 7.62. The average Bonchev–Trinajstić information content (AvgIpc) is 2.93. The normalized spacial score (nSPS) is 16.1. The second kappa shape index (κ2) is 10.4. The van der Waals surface area contributed by atoms with Gasteiger partial charge in [-0.1, -0.05) is 25.4 Å². The number of unbranched alkanes of at least 4 members (excludes halogenated alkanes) is 1. The highest BCUT2D eigenvalue weighted by atomic mass is 16.6. The van der Waals surface area contributed by atoms with Gasteiger partial charge in [-0.15, -0.1) is 0 Å². The second-order valence-corrected chi connectivity index (χ2v) is 7.74. The van der Waals surface area contributed by atoms with Gasteiger partial charge < -0.3 is 19.1 Å². The van der Waals surface area contributed by atoms with Gasteiger partial charge in [0.25, 0.3) is 5.56 Å². The van der Waals surface area contributed by atoms with E-state index in [-0.39, 0.29) is 11.7 Å². The molecule has 1 N–H and O–H groups in total. The Morgan fingerprint density at radius 3 is 2.83 bits per heavy atom. The highest BCUT2D eigenvalue weighted by Gasteiger charge is 2.17. The van der Waals surface area contributed by atoms with Crippen LogP contribution in [-0.4, -0.2) is 58.8 Å². The van der Waals surface area contributed by atoms with E-state index in [1.54, 1.807) is 0 Å². The number of aryl methyl sites for hydroxylation is 1. The Morgan fingerprint density at radius 2 is 2.07 bits per heavy atom. The van der Waals surface area contributed by atoms with Gasteiger partial charge in [0.05, 0.1) is 0 Å². The highest BCUT2D eigenvalue weighted by molar-refractivity contribution is 5.82. The molecule has 1 fully saturated rings. The minimum Gasteiger partial charge on any atom is -0.403 e. The van der Waals surface area contributed by atoms with Gasteiger partial charge in [-0.05, 0) is 44.8 Å². The molecule has 2 aromatic heterocycles. The van der Waals surface area contributed by atoms with Crippen molar-refractivity contribution in [3.8, 4) is 6.01 Å². The van der Waals surface area contributed by atoms with Crippen molar-refractivity contribution in [2.75, 3.05) is 33.2 Å². The van der Waals surface area contributed by atoms with Crippen molar-refractivity contribution in [1.29, 1.82) is 0 Å². The topological polar surface area (TPSA) is 104 Å². The molecule has 3 rings (SSSR count). The molecule has 9 nitrogen and oxygen atoms in total. The predicted molar refractivity (Wildman–Crippen MR) is 116 cm³/mol. The fraction of sp³-hybridized carbons (Fsp3) is 0.619. The summed E-state index contributed by atoms with van der Waals surface area (Å²) in [6.07, 6.45) is 5.17. The Labute approximate surface area is 175 Å². The van der Waals surface area contributed by atoms with Crippen LogP contribution in [0.2, 0.25) is 0 Å². The summed E-state index contributed by atoms with van der Waals surface area (Å²) in [5.41, 5.74) is -0.293. The number of fused-ring (bicyclic) bond motifs is 1. The summed E-state index contributed by atoms with van der Waals surface area (Å²) in [6, 6.07) is 1.28. The molecule has 0 radical (unpaired) electrons. The molecular weight excluding hydrogens is 386 g/mol. The first-order chi connectivity index (χ1) is 14.5. The van der Waals surface area contributed by atoms with Gasteiger partial charge in [0.15, 0.2) is 0 Å². The van der Waals surface area contributed by atoms with Crippen LogP contribution in [-0.2, 0) is 6.42 Å². The first-order valence-corrected chi connectivity index (χ1v) is 10.8. The van der Waals surface area contributed by atoms with E-state index in [4.69, 9.17) is 9.25 Å². The van der Waals surface area contributed by atoms with Crippen LogP contribution in [0.4, 0.5) is 0 Å². The second-order valence-electron chi connectivity index (χ2n) is 7.74. The summed E-state index contributed by atoms with van der Waals surface area (Å²) in [7, 11) is 2.11. The Bertz CT molecular complexity index is 997. The number of aromatic amines is 1. The standard InChI is InChI=1S/C21H31N5O4/c1-4-6-9-15-14-17(27)29-20-18(15)19(28)22-21(23-20)30-24-16(8-5-2)26-11-7-10-25(3)12-13-26/h14H,4-13H2,1-3H3,(H,22,23,28)/b24-16+. The van der Waals surface area contributed by atoms with Gasteiger partial charge >= 0.3 is 11.6 Å². The Morgan fingerprint density at radius 1 is 1.23 bits per heavy atom. The number of amidine groups is 1. The maximum Gasteiger partial charge on any atom is 0.337 e. The van der Waals surface area contributed by atoms with Gasteiger partial charge in [-0.25, -0.2) is 4.79 Å². The summed E-state index contributed by atoms with van der Waals surface area (Å²) in [5, 5.41) is 4.58. The van der Waals surface area contributed by atoms with Crippen molar-refractivity contribution in [1.82, 2.24) is 19.8 Å². The molecule has 0 atom stereocenters. The number of oxime groups is 1. The van der Waals surface area contributed by atoms with Crippen molar-refractivity contribution < 1.29 is 9.25 Å². The Balaban J connectivity index is 1.88. The van der Waals surface area contributed by atoms with Crippen molar-refractivity contribution in [2.45, 2.75) is 52.4 Å². The van der Waals surface area contributed by atoms with Crippen LogP contribution in [0.15, 0.2) is 25.2 Å². The third-order valence-corrected chi connectivity index (χ3v) is 5.27. The molecule has 0 aliphatic carbocycles. The summed E-state index contributed by atoms with van der Waals surface area (Å²) in [5.74, 6) is 0.827. The van der Waals surface area contributed by atoms with Crippen molar-refractivity contribution >= 4 is 16.9 Å². The number of hydrogen-bond acceptors (Lipinski definition) is 7. The summed E-state index contributed by atoms with van der Waals surface area (Å²) >= 11 is 0. The lowest BCUT2D eigenvalue weighted by Crippen LogP contribution is -2.35. The average molecular weight is 418 g/mol. The van der Waals surface area contributed by atoms with Crippen LogP contribution in [0, 0.1) is 0 Å². The van der Waals surface area contributed by atoms with E-state index in [0.29, 0.717) is 17.4 Å². The van der Waals surface area contributed by atoms with Gasteiger partial charge in [0.2, 0.25) is 5.71 Å². The molecule has 30 heavy (non-hydrogen) atoms. The van der Waals surface area contributed by atoms with E-state index in [1.165, 1.54) is 6.07 Å². The van der Waals surface area contributed by atoms with Gasteiger partial charge in [-0.3, -0.25) is 9.78 Å². The fourth-order valence-corrected chi connectivity index (χ4v) is 3.62. The first kappa shape index (κ1) is 22.0. The van der Waals surface area contributed by atoms with Gasteiger partial charge in [0.1, 0.15) is 11.2 Å². The van der Waals surface area contributed by atoms with Crippen molar-refractivity contribution in [3.05, 3.63) is 32.4 Å². The molecule has 0 amide bonds. The van der Waals surface area contributed by atoms with Crippen LogP contribution in [0.3, 0.4) is 0 Å². The highest BCUT2D eigenvalue weighted by Crippen LogP contribution is 2.16. The van der Waals surface area contributed by atoms with Crippen LogP contribution in [0.5, 0.6) is 6.01 Å². The Hall–Kier alpha value is -2.68. The molecule has 1 saturated heterocycles. The number of rotatable bonds is 7. The molecule has 3 heterocycles. The van der Waals surface area contributed by atoms with Gasteiger partial charge in [-0.2, -0.15) is 4.98 Å². The fourth-order valence-electron chi connectivity index (χ4n) is 3.62. The van der Waals surface area contributed by atoms with E-state index < -0.39 is 11.2 Å². The third kappa shape index (κ3) is 5.47. The molecule has 164 valence electrons. The third-order valence-electron chi connectivity index (χ3n) is 5.27. The van der Waals surface area contributed by atoms with Crippen LogP contribution < -0.4 is 16.0 Å². The molecule has 0 bridgehead atoms. The smallest absolute Gasteiger partial charge is 0.337 e. The number of nitrogens with zero attached hydrogens (tertiary/aromatic N) is 4. The molecule has 2 aromatic rings. The summed E-state index contributed by atoms with van der Waals surface area (Å²) in [6.45, 7) is 7.92. The van der Waals surface area contributed by atoms with Crippen LogP contribution in [0.1, 0.15) is 51.5 Å². The number of aromatic nitrogens is 2. The lowest BCUT2D eigenvalue weighted by atomic mass is 10.1. The van der Waals surface area contributed by atoms with E-state index in [1.807, 2.05) is 0 Å². The molecule has 0 spiro atoms. The maximum absolute atomic E-state index is 12.6. The van der Waals surface area contributed by atoms with Crippen LogP contribution >= 0.6 is 0 Å². The molecule has 9 heteroatoms. The summed E-state index contributed by atoms with van der Waals surface area (Å²) < 4.78 is 5.17. The van der Waals surface area contributed by atoms with Crippen molar-refractivity contribution in [2.24, 2.45) is 5.16 Å². The lowest BCUT2D eigenvalue weighted by Gasteiger charge is -2.23. The molecule has 0 saturated carbocycles. The quantitative estimate of drug-likeness (QED) is 0.419. The van der Waals surface area contributed by atoms with E-state index in [9.17, 15) is 9.59 Å².